The lowest BCUT2D eigenvalue weighted by Crippen LogP contribution is -2.27. The van der Waals surface area contributed by atoms with E-state index in [9.17, 15) is 4.79 Å². The average molecular weight is 228 g/mol. The van der Waals surface area contributed by atoms with Gasteiger partial charge < -0.3 is 5.73 Å². The molecule has 1 amide bonds. The van der Waals surface area contributed by atoms with Crippen LogP contribution in [0.3, 0.4) is 0 Å². The summed E-state index contributed by atoms with van der Waals surface area (Å²) in [6.45, 7) is 0. The zero-order chi connectivity index (χ0) is 12.3. The van der Waals surface area contributed by atoms with Crippen molar-refractivity contribution in [1.82, 2.24) is 9.97 Å². The topological polar surface area (TPSA) is 72.1 Å². The summed E-state index contributed by atoms with van der Waals surface area (Å²) in [5.41, 5.74) is 6.38. The van der Waals surface area contributed by atoms with Crippen molar-refractivity contribution in [3.8, 4) is 0 Å². The van der Waals surface area contributed by atoms with Crippen LogP contribution in [0.2, 0.25) is 0 Å². The first-order chi connectivity index (χ1) is 8.18. The minimum absolute atomic E-state index is 0.219. The van der Waals surface area contributed by atoms with Crippen LogP contribution in [0, 0.1) is 0 Å². The maximum atomic E-state index is 12.0. The Morgan fingerprint density at radius 2 is 2.06 bits per heavy atom. The quantitative estimate of drug-likeness (QED) is 0.841. The zero-order valence-corrected chi connectivity index (χ0v) is 9.37. The van der Waals surface area contributed by atoms with Crippen molar-refractivity contribution in [2.24, 2.45) is 0 Å². The highest BCUT2D eigenvalue weighted by atomic mass is 16.2. The number of amides is 1. The Kier molecular flexibility index (Phi) is 3.00. The molecule has 0 spiro atoms. The van der Waals surface area contributed by atoms with Crippen LogP contribution in [-0.2, 0) is 0 Å². The largest absolute Gasteiger partial charge is 0.397 e. The molecule has 0 aromatic carbocycles. The number of nitrogens with zero attached hydrogens (tertiary/aromatic N) is 3. The molecular formula is C12H12N4O. The molecular weight excluding hydrogens is 216 g/mol. The SMILES string of the molecule is CN(C(=O)c1ccc(N)cn1)c1ccccn1. The van der Waals surface area contributed by atoms with Gasteiger partial charge in [0, 0.05) is 13.2 Å². The number of rotatable bonds is 2. The Labute approximate surface area is 98.9 Å². The highest BCUT2D eigenvalue weighted by Crippen LogP contribution is 2.11. The second-order valence-electron chi connectivity index (χ2n) is 3.53. The van der Waals surface area contributed by atoms with Gasteiger partial charge in [-0.15, -0.1) is 0 Å². The summed E-state index contributed by atoms with van der Waals surface area (Å²) in [7, 11) is 1.66. The third-order valence-corrected chi connectivity index (χ3v) is 2.30. The summed E-state index contributed by atoms with van der Waals surface area (Å²) in [5.74, 6) is 0.361. The summed E-state index contributed by atoms with van der Waals surface area (Å²) >= 11 is 0. The summed E-state index contributed by atoms with van der Waals surface area (Å²) in [6.07, 6.45) is 3.09. The van der Waals surface area contributed by atoms with Crippen LogP contribution < -0.4 is 10.6 Å². The van der Waals surface area contributed by atoms with E-state index in [-0.39, 0.29) is 5.91 Å². The fourth-order valence-electron chi connectivity index (χ4n) is 1.36. The van der Waals surface area contributed by atoms with E-state index in [1.54, 1.807) is 37.5 Å². The molecule has 2 N–H and O–H groups in total. The van der Waals surface area contributed by atoms with E-state index in [4.69, 9.17) is 5.73 Å². The number of carbonyl (C=O) groups is 1. The molecule has 0 radical (unpaired) electrons. The van der Waals surface area contributed by atoms with Gasteiger partial charge in [0.05, 0.1) is 11.9 Å². The molecule has 0 aliphatic rings. The van der Waals surface area contributed by atoms with E-state index in [0.717, 1.165) is 0 Å². The summed E-state index contributed by atoms with van der Waals surface area (Å²) in [6, 6.07) is 8.62. The van der Waals surface area contributed by atoms with Crippen molar-refractivity contribution < 1.29 is 4.79 Å². The van der Waals surface area contributed by atoms with Gasteiger partial charge in [-0.1, -0.05) is 6.07 Å². The van der Waals surface area contributed by atoms with Crippen molar-refractivity contribution in [3.63, 3.8) is 0 Å². The number of carbonyl (C=O) groups excluding carboxylic acids is 1. The van der Waals surface area contributed by atoms with Gasteiger partial charge in [-0.05, 0) is 24.3 Å². The number of aromatic nitrogens is 2. The highest BCUT2D eigenvalue weighted by Gasteiger charge is 2.14. The van der Waals surface area contributed by atoms with Gasteiger partial charge >= 0.3 is 0 Å². The number of nitrogen functional groups attached to an aromatic ring is 1. The van der Waals surface area contributed by atoms with Crippen LogP contribution in [0.25, 0.3) is 0 Å². The predicted molar refractivity (Wildman–Crippen MR) is 65.6 cm³/mol. The predicted octanol–water partition coefficient (Wildman–Crippen LogP) is 1.34. The first-order valence-corrected chi connectivity index (χ1v) is 5.09. The first kappa shape index (κ1) is 11.1. The molecule has 0 aliphatic carbocycles. The average Bonchev–Trinajstić information content (AvgIpc) is 2.39. The minimum Gasteiger partial charge on any atom is -0.397 e. The van der Waals surface area contributed by atoms with Gasteiger partial charge in [0.1, 0.15) is 11.5 Å². The van der Waals surface area contributed by atoms with E-state index < -0.39 is 0 Å². The standard InChI is InChI=1S/C12H12N4O/c1-16(11-4-2-3-7-14-11)12(17)10-6-5-9(13)8-15-10/h2-8H,13H2,1H3. The lowest BCUT2D eigenvalue weighted by atomic mass is 10.3. The Hall–Kier alpha value is -2.43. The fraction of sp³-hybridized carbons (Fsp3) is 0.0833. The van der Waals surface area contributed by atoms with E-state index in [1.165, 1.54) is 11.1 Å². The van der Waals surface area contributed by atoms with Gasteiger partial charge in [-0.2, -0.15) is 0 Å². The zero-order valence-electron chi connectivity index (χ0n) is 9.37. The molecule has 2 aromatic heterocycles. The van der Waals surface area contributed by atoms with Crippen molar-refractivity contribution in [3.05, 3.63) is 48.4 Å². The lowest BCUT2D eigenvalue weighted by molar-refractivity contribution is 0.0987. The molecule has 0 saturated heterocycles. The second-order valence-corrected chi connectivity index (χ2v) is 3.53. The fourth-order valence-corrected chi connectivity index (χ4v) is 1.36. The van der Waals surface area contributed by atoms with Gasteiger partial charge in [-0.3, -0.25) is 9.69 Å². The molecule has 86 valence electrons. The lowest BCUT2D eigenvalue weighted by Gasteiger charge is -2.15. The molecule has 0 unspecified atom stereocenters. The molecule has 0 saturated carbocycles. The molecule has 5 nitrogen and oxygen atoms in total. The van der Waals surface area contributed by atoms with Gasteiger partial charge in [0.2, 0.25) is 0 Å². The third-order valence-electron chi connectivity index (χ3n) is 2.30. The summed E-state index contributed by atoms with van der Waals surface area (Å²) in [5, 5.41) is 0. The van der Waals surface area contributed by atoms with Crippen LogP contribution in [0.4, 0.5) is 11.5 Å². The third kappa shape index (κ3) is 2.39. The Balaban J connectivity index is 2.23. The molecule has 2 aromatic rings. The number of hydrogen-bond acceptors (Lipinski definition) is 4. The Bertz CT molecular complexity index is 510. The number of nitrogens with two attached hydrogens (primary N) is 1. The Morgan fingerprint density at radius 1 is 1.24 bits per heavy atom. The van der Waals surface area contributed by atoms with Gasteiger partial charge in [0.15, 0.2) is 0 Å². The van der Waals surface area contributed by atoms with Crippen LogP contribution in [-0.4, -0.2) is 22.9 Å². The van der Waals surface area contributed by atoms with E-state index in [2.05, 4.69) is 9.97 Å². The summed E-state index contributed by atoms with van der Waals surface area (Å²) < 4.78 is 0. The number of pyridine rings is 2. The van der Waals surface area contributed by atoms with Crippen molar-refractivity contribution >= 4 is 17.4 Å². The van der Waals surface area contributed by atoms with Crippen LogP contribution in [0.15, 0.2) is 42.7 Å². The molecule has 17 heavy (non-hydrogen) atoms. The van der Waals surface area contributed by atoms with E-state index >= 15 is 0 Å². The van der Waals surface area contributed by atoms with E-state index in [0.29, 0.717) is 17.2 Å². The van der Waals surface area contributed by atoms with E-state index in [1.807, 2.05) is 6.07 Å². The minimum atomic E-state index is -0.219. The molecule has 2 heterocycles. The normalized spacial score (nSPS) is 9.94. The first-order valence-electron chi connectivity index (χ1n) is 5.09. The second kappa shape index (κ2) is 4.61. The molecule has 0 bridgehead atoms. The van der Waals surface area contributed by atoms with Gasteiger partial charge in [0.25, 0.3) is 5.91 Å². The van der Waals surface area contributed by atoms with Crippen LogP contribution in [0.1, 0.15) is 10.5 Å². The highest BCUT2D eigenvalue weighted by molar-refractivity contribution is 6.03. The van der Waals surface area contributed by atoms with Crippen LogP contribution in [0.5, 0.6) is 0 Å². The molecule has 0 fully saturated rings. The Morgan fingerprint density at radius 3 is 2.65 bits per heavy atom. The van der Waals surface area contributed by atoms with Gasteiger partial charge in [-0.25, -0.2) is 9.97 Å². The smallest absolute Gasteiger partial charge is 0.277 e. The maximum Gasteiger partial charge on any atom is 0.277 e. The molecule has 0 aliphatic heterocycles. The van der Waals surface area contributed by atoms with Crippen molar-refractivity contribution in [2.45, 2.75) is 0 Å². The van der Waals surface area contributed by atoms with Crippen molar-refractivity contribution in [1.29, 1.82) is 0 Å². The number of anilines is 2. The molecule has 2 rings (SSSR count). The molecule has 0 atom stereocenters. The van der Waals surface area contributed by atoms with Crippen molar-refractivity contribution in [2.75, 3.05) is 17.7 Å². The summed E-state index contributed by atoms with van der Waals surface area (Å²) in [4.78, 5) is 21.6. The number of hydrogen-bond donors (Lipinski definition) is 1. The van der Waals surface area contributed by atoms with Crippen LogP contribution >= 0.6 is 0 Å². The maximum absolute atomic E-state index is 12.0. The molecule has 5 heteroatoms. The monoisotopic (exact) mass is 228 g/mol.